The summed E-state index contributed by atoms with van der Waals surface area (Å²) in [6.07, 6.45) is 8.00. The minimum atomic E-state index is -0.362. The number of hydrogen-bond donors (Lipinski definition) is 1. The molecule has 1 aromatic carbocycles. The quantitative estimate of drug-likeness (QED) is 0.686. The van der Waals surface area contributed by atoms with Crippen LogP contribution in [0, 0.1) is 5.92 Å². The maximum Gasteiger partial charge on any atom is 0.337 e. The Morgan fingerprint density at radius 2 is 1.86 bits per heavy atom. The van der Waals surface area contributed by atoms with Crippen LogP contribution in [0.1, 0.15) is 48.5 Å². The molecule has 0 saturated heterocycles. The molecule has 2 atom stereocenters. The second-order valence-corrected chi connectivity index (χ2v) is 5.82. The topological polar surface area (TPSA) is 55.4 Å². The molecule has 0 aliphatic heterocycles. The SMILES string of the molecule is COC(=O)c1ccc(C=CC(=O)NC2CCCCC2C)cc1. The van der Waals surface area contributed by atoms with Crippen LogP contribution in [0.5, 0.6) is 0 Å². The number of amides is 1. The summed E-state index contributed by atoms with van der Waals surface area (Å²) in [6, 6.07) is 7.24. The molecule has 0 radical (unpaired) electrons. The Bertz CT molecular complexity index is 548. The molecule has 1 N–H and O–H groups in total. The van der Waals surface area contributed by atoms with Gasteiger partial charge in [-0.1, -0.05) is 31.9 Å². The first-order chi connectivity index (χ1) is 10.6. The molecule has 1 aliphatic rings. The number of benzene rings is 1. The Morgan fingerprint density at radius 1 is 1.18 bits per heavy atom. The monoisotopic (exact) mass is 301 g/mol. The molecule has 0 aromatic heterocycles. The zero-order valence-electron chi connectivity index (χ0n) is 13.2. The fourth-order valence-electron chi connectivity index (χ4n) is 2.78. The van der Waals surface area contributed by atoms with Crippen molar-refractivity contribution in [2.24, 2.45) is 5.92 Å². The molecule has 0 heterocycles. The van der Waals surface area contributed by atoms with Gasteiger partial charge >= 0.3 is 5.97 Å². The van der Waals surface area contributed by atoms with Crippen LogP contribution in [0.15, 0.2) is 30.3 Å². The molecule has 1 fully saturated rings. The van der Waals surface area contributed by atoms with E-state index in [2.05, 4.69) is 17.0 Å². The molecule has 0 bridgehead atoms. The third kappa shape index (κ3) is 4.45. The lowest BCUT2D eigenvalue weighted by molar-refractivity contribution is -0.117. The lowest BCUT2D eigenvalue weighted by Gasteiger charge is -2.29. The number of ether oxygens (including phenoxy) is 1. The largest absolute Gasteiger partial charge is 0.465 e. The number of carbonyl (C=O) groups is 2. The summed E-state index contributed by atoms with van der Waals surface area (Å²) in [5.74, 6) is 0.126. The molecule has 118 valence electrons. The van der Waals surface area contributed by atoms with Gasteiger partial charge < -0.3 is 10.1 Å². The van der Waals surface area contributed by atoms with E-state index in [9.17, 15) is 9.59 Å². The van der Waals surface area contributed by atoms with Crippen LogP contribution in [-0.4, -0.2) is 25.0 Å². The van der Waals surface area contributed by atoms with Gasteiger partial charge in [-0.15, -0.1) is 0 Å². The van der Waals surface area contributed by atoms with E-state index in [4.69, 9.17) is 0 Å². The van der Waals surface area contributed by atoms with E-state index in [-0.39, 0.29) is 17.9 Å². The molecule has 2 unspecified atom stereocenters. The van der Waals surface area contributed by atoms with Crippen LogP contribution in [0.4, 0.5) is 0 Å². The summed E-state index contributed by atoms with van der Waals surface area (Å²) in [5, 5.41) is 3.08. The number of nitrogens with one attached hydrogen (secondary N) is 1. The van der Waals surface area contributed by atoms with E-state index in [0.29, 0.717) is 11.5 Å². The van der Waals surface area contributed by atoms with E-state index < -0.39 is 0 Å². The highest BCUT2D eigenvalue weighted by Crippen LogP contribution is 2.23. The van der Waals surface area contributed by atoms with E-state index in [0.717, 1.165) is 12.0 Å². The molecule has 0 spiro atoms. The Labute approximate surface area is 131 Å². The summed E-state index contributed by atoms with van der Waals surface area (Å²) in [4.78, 5) is 23.3. The second kappa shape index (κ2) is 7.78. The number of rotatable bonds is 4. The van der Waals surface area contributed by atoms with Crippen LogP contribution in [0.2, 0.25) is 0 Å². The van der Waals surface area contributed by atoms with Crippen LogP contribution in [0.25, 0.3) is 6.08 Å². The molecule has 1 amide bonds. The predicted molar refractivity (Wildman–Crippen MR) is 86.4 cm³/mol. The normalized spacial score (nSPS) is 21.5. The second-order valence-electron chi connectivity index (χ2n) is 5.82. The molecule has 1 aromatic rings. The van der Waals surface area contributed by atoms with Crippen molar-refractivity contribution in [3.63, 3.8) is 0 Å². The van der Waals surface area contributed by atoms with Crippen molar-refractivity contribution in [1.29, 1.82) is 0 Å². The number of hydrogen-bond acceptors (Lipinski definition) is 3. The van der Waals surface area contributed by atoms with Gasteiger partial charge in [-0.05, 0) is 42.5 Å². The Hall–Kier alpha value is -2.10. The molecular formula is C18H23NO3. The molecule has 1 aliphatic carbocycles. The van der Waals surface area contributed by atoms with Gasteiger partial charge in [0.05, 0.1) is 12.7 Å². The van der Waals surface area contributed by atoms with Crippen molar-refractivity contribution < 1.29 is 14.3 Å². The highest BCUT2D eigenvalue weighted by molar-refractivity contribution is 5.92. The van der Waals surface area contributed by atoms with Crippen molar-refractivity contribution in [3.8, 4) is 0 Å². The van der Waals surface area contributed by atoms with Crippen LogP contribution >= 0.6 is 0 Å². The van der Waals surface area contributed by atoms with Crippen LogP contribution in [0.3, 0.4) is 0 Å². The smallest absolute Gasteiger partial charge is 0.337 e. The fourth-order valence-corrected chi connectivity index (χ4v) is 2.78. The standard InChI is InChI=1S/C18H23NO3/c1-13-5-3-4-6-16(13)19-17(20)12-9-14-7-10-15(11-8-14)18(21)22-2/h7-13,16H,3-6H2,1-2H3,(H,19,20). The summed E-state index contributed by atoms with van der Waals surface area (Å²) < 4.78 is 4.65. The minimum Gasteiger partial charge on any atom is -0.465 e. The van der Waals surface area contributed by atoms with Gasteiger partial charge in [0.2, 0.25) is 5.91 Å². The van der Waals surface area contributed by atoms with E-state index in [1.165, 1.54) is 26.4 Å². The first kappa shape index (κ1) is 16.3. The fraction of sp³-hybridized carbons (Fsp3) is 0.444. The van der Waals surface area contributed by atoms with Gasteiger partial charge in [0.15, 0.2) is 0 Å². The zero-order chi connectivity index (χ0) is 15.9. The lowest BCUT2D eigenvalue weighted by atomic mass is 9.86. The third-order valence-electron chi connectivity index (χ3n) is 4.20. The summed E-state index contributed by atoms with van der Waals surface area (Å²) in [5.41, 5.74) is 1.37. The van der Waals surface area contributed by atoms with Gasteiger partial charge in [0.25, 0.3) is 0 Å². The maximum absolute atomic E-state index is 12.0. The molecular weight excluding hydrogens is 278 g/mol. The highest BCUT2D eigenvalue weighted by Gasteiger charge is 2.21. The van der Waals surface area contributed by atoms with Gasteiger partial charge in [0.1, 0.15) is 0 Å². The number of methoxy groups -OCH3 is 1. The first-order valence-electron chi connectivity index (χ1n) is 7.77. The van der Waals surface area contributed by atoms with Crippen molar-refractivity contribution in [3.05, 3.63) is 41.5 Å². The van der Waals surface area contributed by atoms with E-state index in [1.807, 2.05) is 0 Å². The summed E-state index contributed by atoms with van der Waals surface area (Å²) in [7, 11) is 1.35. The van der Waals surface area contributed by atoms with Gasteiger partial charge in [0, 0.05) is 12.1 Å². The molecule has 2 rings (SSSR count). The van der Waals surface area contributed by atoms with Gasteiger partial charge in [-0.25, -0.2) is 4.79 Å². The maximum atomic E-state index is 12.0. The van der Waals surface area contributed by atoms with Gasteiger partial charge in [-0.3, -0.25) is 4.79 Å². The number of esters is 1. The van der Waals surface area contributed by atoms with Gasteiger partial charge in [-0.2, -0.15) is 0 Å². The van der Waals surface area contributed by atoms with E-state index >= 15 is 0 Å². The average Bonchev–Trinajstić information content (AvgIpc) is 2.55. The van der Waals surface area contributed by atoms with E-state index in [1.54, 1.807) is 36.4 Å². The molecule has 1 saturated carbocycles. The summed E-state index contributed by atoms with van der Waals surface area (Å²) >= 11 is 0. The Morgan fingerprint density at radius 3 is 2.50 bits per heavy atom. The van der Waals surface area contributed by atoms with Crippen LogP contribution < -0.4 is 5.32 Å². The average molecular weight is 301 g/mol. The van der Waals surface area contributed by atoms with Crippen molar-refractivity contribution >= 4 is 18.0 Å². The molecule has 22 heavy (non-hydrogen) atoms. The zero-order valence-corrected chi connectivity index (χ0v) is 13.2. The van der Waals surface area contributed by atoms with Crippen molar-refractivity contribution in [1.82, 2.24) is 5.32 Å². The number of carbonyl (C=O) groups excluding carboxylic acids is 2. The van der Waals surface area contributed by atoms with Crippen molar-refractivity contribution in [2.45, 2.75) is 38.6 Å². The Balaban J connectivity index is 1.90. The van der Waals surface area contributed by atoms with Crippen LogP contribution in [-0.2, 0) is 9.53 Å². The molecule has 4 nitrogen and oxygen atoms in total. The highest BCUT2D eigenvalue weighted by atomic mass is 16.5. The third-order valence-corrected chi connectivity index (χ3v) is 4.20. The molecule has 4 heteroatoms. The lowest BCUT2D eigenvalue weighted by Crippen LogP contribution is -2.40. The van der Waals surface area contributed by atoms with Crippen molar-refractivity contribution in [2.75, 3.05) is 7.11 Å². The summed E-state index contributed by atoms with van der Waals surface area (Å²) in [6.45, 7) is 2.19. The predicted octanol–water partition coefficient (Wildman–Crippen LogP) is 3.18. The minimum absolute atomic E-state index is 0.0594. The Kier molecular flexibility index (Phi) is 5.75. The first-order valence-corrected chi connectivity index (χ1v) is 7.77.